The van der Waals surface area contributed by atoms with Crippen molar-refractivity contribution in [3.05, 3.63) is 145 Å². The highest BCUT2D eigenvalue weighted by Crippen LogP contribution is 2.34. The lowest BCUT2D eigenvalue weighted by Gasteiger charge is -2.16. The van der Waals surface area contributed by atoms with Crippen LogP contribution < -0.4 is 16.0 Å². The van der Waals surface area contributed by atoms with Crippen LogP contribution in [0, 0.1) is 30.9 Å². The van der Waals surface area contributed by atoms with Gasteiger partial charge in [-0.15, -0.1) is 22.7 Å². The Hall–Kier alpha value is -5.05. The van der Waals surface area contributed by atoms with Crippen LogP contribution in [0.3, 0.4) is 0 Å². The molecule has 304 valence electrons. The molecule has 0 saturated carbocycles. The second-order valence-electron chi connectivity index (χ2n) is 12.0. The molecule has 6 rings (SSSR count). The summed E-state index contributed by atoms with van der Waals surface area (Å²) >= 11 is 21.3. The van der Waals surface area contributed by atoms with Gasteiger partial charge < -0.3 is 35.7 Å². The van der Waals surface area contributed by atoms with E-state index in [1.807, 2.05) is 49.7 Å². The number of benzene rings is 1. The van der Waals surface area contributed by atoms with Gasteiger partial charge in [-0.3, -0.25) is 10.1 Å². The van der Waals surface area contributed by atoms with E-state index >= 15 is 0 Å². The lowest BCUT2D eigenvalue weighted by molar-refractivity contribution is -0.385. The van der Waals surface area contributed by atoms with E-state index < -0.39 is 41.0 Å². The lowest BCUT2D eigenvalue weighted by atomic mass is 10.1. The molecule has 5 aromatic heterocycles. The van der Waals surface area contributed by atoms with Gasteiger partial charge in [0.25, 0.3) is 5.69 Å². The molecule has 1 aromatic carbocycles. The van der Waals surface area contributed by atoms with E-state index in [4.69, 9.17) is 32.7 Å². The number of hydrogen-bond acceptors (Lipinski definition) is 13. The molecule has 0 spiro atoms. The van der Waals surface area contributed by atoms with Crippen molar-refractivity contribution in [3.8, 4) is 0 Å². The third kappa shape index (κ3) is 13.0. The van der Waals surface area contributed by atoms with Crippen LogP contribution in [0.1, 0.15) is 50.3 Å². The minimum absolute atomic E-state index is 0.144. The molecule has 0 aliphatic rings. The van der Waals surface area contributed by atoms with Gasteiger partial charge in [0, 0.05) is 36.7 Å². The van der Waals surface area contributed by atoms with Crippen LogP contribution in [0.4, 0.5) is 23.0 Å². The Bertz CT molecular complexity index is 2380. The van der Waals surface area contributed by atoms with Crippen molar-refractivity contribution >= 4 is 119 Å². The number of anilines is 3. The van der Waals surface area contributed by atoms with Crippen LogP contribution in [-0.4, -0.2) is 48.1 Å². The van der Waals surface area contributed by atoms with Crippen LogP contribution in [0.15, 0.2) is 97.4 Å². The topological polar surface area (TPSA) is 230 Å². The maximum Gasteiger partial charge on any atom is 0.334 e. The number of halogens is 4. The summed E-state index contributed by atoms with van der Waals surface area (Å²) in [6.07, 6.45) is 3.85. The summed E-state index contributed by atoms with van der Waals surface area (Å²) in [6.45, 7) is 5.80. The third-order valence-corrected chi connectivity index (χ3v) is 11.8. The number of carboxylic acids is 3. The van der Waals surface area contributed by atoms with Gasteiger partial charge in [0.1, 0.15) is 23.6 Å². The van der Waals surface area contributed by atoms with Gasteiger partial charge in [-0.05, 0) is 113 Å². The highest BCUT2D eigenvalue weighted by atomic mass is 79.9. The lowest BCUT2D eigenvalue weighted by Crippen LogP contribution is -2.20. The number of carbonyl (C=O) groups is 3. The number of pyridine rings is 2. The minimum Gasteiger partial charge on any atom is -0.479 e. The van der Waals surface area contributed by atoms with E-state index in [1.165, 1.54) is 53.3 Å². The monoisotopic (exact) mass is 996 g/mol. The van der Waals surface area contributed by atoms with Gasteiger partial charge in [-0.1, -0.05) is 39.1 Å². The summed E-state index contributed by atoms with van der Waals surface area (Å²) in [6, 6.07) is 12.1. The number of nitrogens with one attached hydrogen (secondary N) is 3. The van der Waals surface area contributed by atoms with Crippen LogP contribution in [0.2, 0.25) is 10.0 Å². The van der Waals surface area contributed by atoms with Gasteiger partial charge >= 0.3 is 17.9 Å². The predicted molar refractivity (Wildman–Crippen MR) is 231 cm³/mol. The molecule has 0 bridgehead atoms. The van der Waals surface area contributed by atoms with Crippen molar-refractivity contribution in [2.75, 3.05) is 16.0 Å². The number of hydrogen-bond donors (Lipinski definition) is 6. The largest absolute Gasteiger partial charge is 0.479 e. The maximum atomic E-state index is 11.5. The Balaban J connectivity index is 0.000000193. The first kappa shape index (κ1) is 45.6. The number of nitrogens with zero attached hydrogens (tertiary/aromatic N) is 3. The maximum absolute atomic E-state index is 11.5. The number of thiophene rings is 2. The molecule has 6 N–H and O–H groups in total. The fourth-order valence-corrected chi connectivity index (χ4v) is 8.16. The molecule has 0 aliphatic heterocycles. The number of aromatic nitrogens is 2. The smallest absolute Gasteiger partial charge is 0.334 e. The molecule has 5 heterocycles. The van der Waals surface area contributed by atoms with E-state index in [2.05, 4.69) is 57.8 Å². The van der Waals surface area contributed by atoms with E-state index in [-0.39, 0.29) is 28.1 Å². The molecule has 15 nitrogen and oxygen atoms in total. The van der Waals surface area contributed by atoms with Gasteiger partial charge in [-0.2, -0.15) is 0 Å². The summed E-state index contributed by atoms with van der Waals surface area (Å²) in [7, 11) is 0. The van der Waals surface area contributed by atoms with E-state index in [1.54, 1.807) is 18.2 Å². The second kappa shape index (κ2) is 21.1. The second-order valence-corrected chi connectivity index (χ2v) is 16.5. The van der Waals surface area contributed by atoms with Crippen molar-refractivity contribution < 1.29 is 39.0 Å². The Morgan fingerprint density at radius 1 is 0.793 bits per heavy atom. The predicted octanol–water partition coefficient (Wildman–Crippen LogP) is 10.9. The molecule has 3 unspecified atom stereocenters. The highest BCUT2D eigenvalue weighted by Gasteiger charge is 2.25. The van der Waals surface area contributed by atoms with Gasteiger partial charge in [-0.25, -0.2) is 24.4 Å². The van der Waals surface area contributed by atoms with Crippen LogP contribution >= 0.6 is 77.7 Å². The van der Waals surface area contributed by atoms with Crippen LogP contribution in [-0.2, 0) is 14.4 Å². The Kier molecular flexibility index (Phi) is 16.6. The van der Waals surface area contributed by atoms with E-state index in [0.717, 1.165) is 42.4 Å². The quantitative estimate of drug-likeness (QED) is 0.0467. The van der Waals surface area contributed by atoms with Crippen molar-refractivity contribution in [2.24, 2.45) is 0 Å². The van der Waals surface area contributed by atoms with Crippen molar-refractivity contribution in [3.63, 3.8) is 0 Å². The SMILES string of the molecule is Cc1csc(C(Nc2cc(C)c(Br)cc2Br)C(=O)O)c1.Cc1csc(C(Nc2ccc([N+](=O)[O-])cn2)C(=O)O)c1.O=C(O)C(Nc1ncc(Cl)cc1Cl)c1ccco1. The number of rotatable bonds is 13. The summed E-state index contributed by atoms with van der Waals surface area (Å²) in [4.78, 5) is 53.1. The number of furan rings is 1. The summed E-state index contributed by atoms with van der Waals surface area (Å²) in [5.41, 5.74) is 3.72. The number of nitro groups is 1. The van der Waals surface area contributed by atoms with E-state index in [9.17, 15) is 34.7 Å². The number of aryl methyl sites for hydroxylation is 3. The molecule has 0 radical (unpaired) electrons. The van der Waals surface area contributed by atoms with Crippen molar-refractivity contribution in [2.45, 2.75) is 38.9 Å². The molecule has 0 amide bonds. The zero-order valence-corrected chi connectivity index (χ0v) is 36.6. The average Bonchev–Trinajstić information content (AvgIpc) is 3.95. The zero-order valence-electron chi connectivity index (χ0n) is 30.3. The molecule has 0 saturated heterocycles. The van der Waals surface area contributed by atoms with Crippen molar-refractivity contribution in [1.29, 1.82) is 0 Å². The van der Waals surface area contributed by atoms with Crippen LogP contribution in [0.5, 0.6) is 0 Å². The first-order chi connectivity index (χ1) is 27.4. The molecule has 21 heteroatoms. The average molecular weight is 1000 g/mol. The molecule has 6 aromatic rings. The first-order valence-corrected chi connectivity index (χ1v) is 20.5. The summed E-state index contributed by atoms with van der Waals surface area (Å²) < 4.78 is 6.86. The minimum atomic E-state index is -1.10. The zero-order chi connectivity index (χ0) is 42.7. The normalized spacial score (nSPS) is 12.1. The van der Waals surface area contributed by atoms with Gasteiger partial charge in [0.2, 0.25) is 0 Å². The van der Waals surface area contributed by atoms with Crippen molar-refractivity contribution in [1.82, 2.24) is 9.97 Å². The van der Waals surface area contributed by atoms with Gasteiger partial charge in [0.15, 0.2) is 18.1 Å². The molecule has 0 aliphatic carbocycles. The highest BCUT2D eigenvalue weighted by molar-refractivity contribution is 9.11. The fraction of sp³-hybridized carbons (Fsp3) is 0.162. The molecule has 3 atom stereocenters. The number of carboxylic acid groups (broad SMARTS) is 3. The van der Waals surface area contributed by atoms with Crippen LogP contribution in [0.25, 0.3) is 0 Å². The number of aliphatic carboxylic acids is 3. The standard InChI is InChI=1S/C14H13Br2NO2S.C12H11N3O4S.C11H8Cl2N2O3/c1-7-3-12(20-6-7)13(14(18)19)17-11-4-8(2)9(15)5-10(11)16;1-7-4-9(20-6-7)11(12(16)17)14-10-3-2-8(5-13-10)15(18)19;12-6-4-7(13)10(14-5-6)15-9(11(16)17)8-2-1-3-18-8/h3-6,13,17H,1-2H3,(H,18,19);2-6,11H,1H3,(H,13,14)(H,16,17);1-5,9H,(H,14,15)(H,16,17). The Labute approximate surface area is 365 Å². The molecule has 0 fully saturated rings. The van der Waals surface area contributed by atoms with E-state index in [0.29, 0.717) is 9.90 Å². The van der Waals surface area contributed by atoms with Gasteiger partial charge in [0.05, 0.1) is 21.2 Å². The fourth-order valence-electron chi connectivity index (χ4n) is 4.74. The molecule has 58 heavy (non-hydrogen) atoms. The summed E-state index contributed by atoms with van der Waals surface area (Å²) in [5.74, 6) is -2.27. The Morgan fingerprint density at radius 2 is 1.40 bits per heavy atom. The third-order valence-electron chi connectivity index (χ3n) is 7.53. The summed E-state index contributed by atoms with van der Waals surface area (Å²) in [5, 5.41) is 51.3. The first-order valence-electron chi connectivity index (χ1n) is 16.4. The molecular formula is C37H32Br2Cl2N6O9S2. The molecular weight excluding hydrogens is 967 g/mol. The Morgan fingerprint density at radius 3 is 1.86 bits per heavy atom.